The third-order valence-electron chi connectivity index (χ3n) is 3.66. The Hall–Kier alpha value is -2.96. The smallest absolute Gasteiger partial charge is 0.261 e. The molecule has 2 aromatic rings. The van der Waals surface area contributed by atoms with E-state index in [9.17, 15) is 14.4 Å². The molecule has 1 aliphatic rings. The van der Waals surface area contributed by atoms with Crippen LogP contribution in [-0.2, 0) is 4.79 Å². The van der Waals surface area contributed by atoms with Crippen molar-refractivity contribution in [3.63, 3.8) is 0 Å². The monoisotopic (exact) mass is 312 g/mol. The maximum absolute atomic E-state index is 12.3. The molecule has 0 saturated carbocycles. The third kappa shape index (κ3) is 2.85. The van der Waals surface area contributed by atoms with Crippen LogP contribution in [0.3, 0.4) is 0 Å². The number of benzene rings is 1. The maximum Gasteiger partial charge on any atom is 0.261 e. The Bertz CT molecular complexity index is 809. The summed E-state index contributed by atoms with van der Waals surface area (Å²) < 4.78 is 0. The fourth-order valence-corrected chi connectivity index (χ4v) is 2.51. The van der Waals surface area contributed by atoms with Crippen molar-refractivity contribution in [3.05, 3.63) is 46.6 Å². The van der Waals surface area contributed by atoms with E-state index in [1.165, 1.54) is 0 Å². The van der Waals surface area contributed by atoms with Gasteiger partial charge in [0.15, 0.2) is 5.82 Å². The Morgan fingerprint density at radius 3 is 2.61 bits per heavy atom. The lowest BCUT2D eigenvalue weighted by Crippen LogP contribution is -2.32. The number of carbonyl (C=O) groups is 3. The fourth-order valence-electron chi connectivity index (χ4n) is 2.51. The van der Waals surface area contributed by atoms with Crippen molar-refractivity contribution in [1.29, 1.82) is 0 Å². The molecule has 3 amide bonds. The molecule has 0 saturated heterocycles. The molecule has 0 fully saturated rings. The highest BCUT2D eigenvalue weighted by atomic mass is 16.2. The number of imide groups is 1. The lowest BCUT2D eigenvalue weighted by Gasteiger charge is -2.12. The zero-order valence-corrected chi connectivity index (χ0v) is 12.8. The first kappa shape index (κ1) is 15.0. The summed E-state index contributed by atoms with van der Waals surface area (Å²) in [5.41, 5.74) is 2.54. The lowest BCUT2D eigenvalue weighted by atomic mass is 10.1. The Morgan fingerprint density at radius 2 is 1.91 bits per heavy atom. The number of rotatable bonds is 4. The van der Waals surface area contributed by atoms with Gasteiger partial charge in [-0.1, -0.05) is 11.6 Å². The normalized spacial score (nSPS) is 13.4. The van der Waals surface area contributed by atoms with E-state index in [0.717, 1.165) is 16.2 Å². The van der Waals surface area contributed by atoms with Crippen LogP contribution in [0.2, 0.25) is 0 Å². The van der Waals surface area contributed by atoms with Crippen molar-refractivity contribution < 1.29 is 14.4 Å². The van der Waals surface area contributed by atoms with E-state index in [4.69, 9.17) is 0 Å². The Balaban J connectivity index is 1.64. The van der Waals surface area contributed by atoms with Crippen molar-refractivity contribution in [2.24, 2.45) is 0 Å². The lowest BCUT2D eigenvalue weighted by molar-refractivity contribution is -0.116. The van der Waals surface area contributed by atoms with Crippen LogP contribution < -0.4 is 5.32 Å². The number of aryl methyl sites for hydroxylation is 2. The molecule has 0 unspecified atom stereocenters. The summed E-state index contributed by atoms with van der Waals surface area (Å²) in [5.74, 6) is -0.583. The number of nitrogens with zero attached hydrogens (tertiary/aromatic N) is 2. The number of nitrogens with one attached hydrogen (secondary N) is 2. The molecule has 0 atom stereocenters. The van der Waals surface area contributed by atoms with Crippen molar-refractivity contribution >= 4 is 23.5 Å². The second-order valence-corrected chi connectivity index (χ2v) is 5.55. The second kappa shape index (κ2) is 5.68. The first-order chi connectivity index (χ1) is 11.0. The number of carbonyl (C=O) groups excluding carboxylic acids is 3. The number of aromatic amines is 1. The highest BCUT2D eigenvalue weighted by Gasteiger charge is 2.35. The van der Waals surface area contributed by atoms with E-state index in [0.29, 0.717) is 16.9 Å². The van der Waals surface area contributed by atoms with E-state index in [1.807, 2.05) is 13.8 Å². The number of aromatic nitrogens is 2. The molecule has 1 aromatic carbocycles. The summed E-state index contributed by atoms with van der Waals surface area (Å²) in [6.45, 7) is 3.73. The minimum absolute atomic E-state index is 0.0242. The van der Waals surface area contributed by atoms with Gasteiger partial charge in [0.2, 0.25) is 5.91 Å². The Labute approximate surface area is 132 Å². The number of amides is 3. The zero-order chi connectivity index (χ0) is 16.6. The Kier molecular flexibility index (Phi) is 3.69. The largest absolute Gasteiger partial charge is 0.309 e. The van der Waals surface area contributed by atoms with E-state index < -0.39 is 0 Å². The summed E-state index contributed by atoms with van der Waals surface area (Å²) in [6.07, 6.45) is 0.0242. The van der Waals surface area contributed by atoms with Crippen LogP contribution >= 0.6 is 0 Å². The van der Waals surface area contributed by atoms with Gasteiger partial charge in [-0.3, -0.25) is 24.4 Å². The predicted molar refractivity (Wildman–Crippen MR) is 83.1 cm³/mol. The first-order valence-corrected chi connectivity index (χ1v) is 7.24. The van der Waals surface area contributed by atoms with E-state index in [1.54, 1.807) is 24.3 Å². The first-order valence-electron chi connectivity index (χ1n) is 7.24. The molecule has 3 rings (SSSR count). The summed E-state index contributed by atoms with van der Waals surface area (Å²) >= 11 is 0. The van der Waals surface area contributed by atoms with Crippen molar-refractivity contribution in [3.8, 4) is 0 Å². The molecule has 0 aliphatic carbocycles. The molecule has 2 heterocycles. The van der Waals surface area contributed by atoms with Gasteiger partial charge in [0.25, 0.3) is 11.8 Å². The number of H-pyrrole nitrogens is 1. The number of hydrogen-bond donors (Lipinski definition) is 2. The van der Waals surface area contributed by atoms with Gasteiger partial charge in [-0.15, -0.1) is 0 Å². The van der Waals surface area contributed by atoms with Gasteiger partial charge in [-0.2, -0.15) is 5.10 Å². The van der Waals surface area contributed by atoms with E-state index >= 15 is 0 Å². The van der Waals surface area contributed by atoms with Crippen LogP contribution in [0.5, 0.6) is 0 Å². The second-order valence-electron chi connectivity index (χ2n) is 5.55. The molecule has 7 nitrogen and oxygen atoms in total. The summed E-state index contributed by atoms with van der Waals surface area (Å²) in [5, 5.41) is 9.24. The topological polar surface area (TPSA) is 95.2 Å². The van der Waals surface area contributed by atoms with Gasteiger partial charge in [-0.25, -0.2) is 0 Å². The molecule has 1 aliphatic heterocycles. The SMILES string of the molecule is Cc1ccc2c(c1)C(=O)N(CCC(=O)Nc1cc(C)[nH]n1)C2=O. The van der Waals surface area contributed by atoms with Crippen LogP contribution in [0, 0.1) is 13.8 Å². The predicted octanol–water partition coefficient (Wildman–Crippen LogP) is 1.65. The molecule has 2 N–H and O–H groups in total. The molecule has 23 heavy (non-hydrogen) atoms. The molecule has 118 valence electrons. The average molecular weight is 312 g/mol. The molecule has 7 heteroatoms. The molecule has 0 radical (unpaired) electrons. The molecular formula is C16H16N4O3. The highest BCUT2D eigenvalue weighted by molar-refractivity contribution is 6.21. The summed E-state index contributed by atoms with van der Waals surface area (Å²) in [4.78, 5) is 37.6. The number of fused-ring (bicyclic) bond motifs is 1. The number of hydrogen-bond acceptors (Lipinski definition) is 4. The van der Waals surface area contributed by atoms with Crippen LogP contribution in [0.4, 0.5) is 5.82 Å². The molecule has 0 spiro atoms. The minimum Gasteiger partial charge on any atom is -0.309 e. The molecule has 0 bridgehead atoms. The summed E-state index contributed by atoms with van der Waals surface area (Å²) in [7, 11) is 0. The standard InChI is InChI=1S/C16H16N4O3/c1-9-3-4-11-12(7-9)16(23)20(15(11)22)6-5-14(21)17-13-8-10(2)18-19-13/h3-4,7-8H,5-6H2,1-2H3,(H2,17,18,19,21). The average Bonchev–Trinajstić information content (AvgIpc) is 3.00. The molecular weight excluding hydrogens is 296 g/mol. The quantitative estimate of drug-likeness (QED) is 0.839. The van der Waals surface area contributed by atoms with Gasteiger partial charge in [0.05, 0.1) is 11.1 Å². The number of anilines is 1. The van der Waals surface area contributed by atoms with Gasteiger partial charge < -0.3 is 5.32 Å². The van der Waals surface area contributed by atoms with Crippen LogP contribution in [-0.4, -0.2) is 39.4 Å². The third-order valence-corrected chi connectivity index (χ3v) is 3.66. The van der Waals surface area contributed by atoms with Crippen LogP contribution in [0.15, 0.2) is 24.3 Å². The van der Waals surface area contributed by atoms with Gasteiger partial charge in [-0.05, 0) is 26.0 Å². The fraction of sp³-hybridized carbons (Fsp3) is 0.250. The van der Waals surface area contributed by atoms with Crippen LogP contribution in [0.25, 0.3) is 0 Å². The zero-order valence-electron chi connectivity index (χ0n) is 12.8. The van der Waals surface area contributed by atoms with Gasteiger partial charge in [0.1, 0.15) is 0 Å². The van der Waals surface area contributed by atoms with Crippen molar-refractivity contribution in [2.75, 3.05) is 11.9 Å². The van der Waals surface area contributed by atoms with E-state index in [-0.39, 0.29) is 30.7 Å². The maximum atomic E-state index is 12.3. The van der Waals surface area contributed by atoms with E-state index in [2.05, 4.69) is 15.5 Å². The minimum atomic E-state index is -0.353. The Morgan fingerprint density at radius 1 is 1.17 bits per heavy atom. The highest BCUT2D eigenvalue weighted by Crippen LogP contribution is 2.24. The van der Waals surface area contributed by atoms with Crippen molar-refractivity contribution in [2.45, 2.75) is 20.3 Å². The van der Waals surface area contributed by atoms with Crippen molar-refractivity contribution in [1.82, 2.24) is 15.1 Å². The van der Waals surface area contributed by atoms with Crippen LogP contribution in [0.1, 0.15) is 38.4 Å². The van der Waals surface area contributed by atoms with Gasteiger partial charge >= 0.3 is 0 Å². The molecule has 1 aromatic heterocycles. The van der Waals surface area contributed by atoms with Gasteiger partial charge in [0, 0.05) is 24.7 Å². The summed E-state index contributed by atoms with van der Waals surface area (Å²) in [6, 6.07) is 6.84.